The number of alkyl halides is 2. The highest BCUT2D eigenvalue weighted by molar-refractivity contribution is 6.36. The molecular formula is C7H2Cl2F2N2. The van der Waals surface area contributed by atoms with Crippen LogP contribution in [0.15, 0.2) is 6.20 Å². The van der Waals surface area contributed by atoms with Crippen molar-refractivity contribution in [1.82, 2.24) is 4.98 Å². The molecule has 0 radical (unpaired) electrons. The fourth-order valence-electron chi connectivity index (χ4n) is 0.758. The molecule has 0 aromatic carbocycles. The van der Waals surface area contributed by atoms with Crippen LogP contribution in [-0.2, 0) is 0 Å². The molecule has 0 atom stereocenters. The van der Waals surface area contributed by atoms with Crippen LogP contribution in [0.25, 0.3) is 0 Å². The van der Waals surface area contributed by atoms with Gasteiger partial charge in [0, 0.05) is 6.20 Å². The topological polar surface area (TPSA) is 36.7 Å². The molecule has 1 rings (SSSR count). The highest BCUT2D eigenvalue weighted by Gasteiger charge is 2.19. The number of halogens is 4. The molecule has 0 saturated heterocycles. The molecule has 2 nitrogen and oxygen atoms in total. The average Bonchev–Trinajstić information content (AvgIpc) is 2.04. The lowest BCUT2D eigenvalue weighted by atomic mass is 10.2. The molecule has 0 fully saturated rings. The van der Waals surface area contributed by atoms with E-state index in [1.165, 1.54) is 0 Å². The van der Waals surface area contributed by atoms with E-state index in [9.17, 15) is 8.78 Å². The minimum atomic E-state index is -2.81. The molecule has 0 N–H and O–H groups in total. The Hall–Kier alpha value is -0.920. The van der Waals surface area contributed by atoms with Crippen LogP contribution < -0.4 is 0 Å². The molecule has 0 aliphatic rings. The van der Waals surface area contributed by atoms with Gasteiger partial charge in [-0.3, -0.25) is 0 Å². The van der Waals surface area contributed by atoms with Gasteiger partial charge in [0.05, 0.1) is 15.6 Å². The first kappa shape index (κ1) is 10.2. The van der Waals surface area contributed by atoms with E-state index >= 15 is 0 Å². The number of hydrogen-bond donors (Lipinski definition) is 0. The van der Waals surface area contributed by atoms with E-state index in [1.54, 1.807) is 6.07 Å². The second-order valence-electron chi connectivity index (χ2n) is 2.09. The first-order valence-corrected chi connectivity index (χ1v) is 3.85. The lowest BCUT2D eigenvalue weighted by molar-refractivity contribution is 0.151. The number of hydrogen-bond acceptors (Lipinski definition) is 2. The van der Waals surface area contributed by atoms with E-state index in [2.05, 4.69) is 4.98 Å². The summed E-state index contributed by atoms with van der Waals surface area (Å²) in [5.74, 6) is 0. The molecule has 0 unspecified atom stereocenters. The lowest BCUT2D eigenvalue weighted by Crippen LogP contribution is -1.94. The van der Waals surface area contributed by atoms with Crippen molar-refractivity contribution in [2.45, 2.75) is 6.43 Å². The van der Waals surface area contributed by atoms with Crippen molar-refractivity contribution in [1.29, 1.82) is 5.26 Å². The summed E-state index contributed by atoms with van der Waals surface area (Å²) in [6.07, 6.45) is -1.83. The van der Waals surface area contributed by atoms with Crippen LogP contribution in [0.4, 0.5) is 8.78 Å². The Balaban J connectivity index is 3.41. The molecule has 1 aromatic heterocycles. The van der Waals surface area contributed by atoms with Gasteiger partial charge in [0.15, 0.2) is 5.69 Å². The van der Waals surface area contributed by atoms with Crippen LogP contribution in [-0.4, -0.2) is 4.98 Å². The van der Waals surface area contributed by atoms with Crippen molar-refractivity contribution in [3.05, 3.63) is 27.5 Å². The van der Waals surface area contributed by atoms with Gasteiger partial charge in [0.1, 0.15) is 6.07 Å². The second-order valence-corrected chi connectivity index (χ2v) is 2.88. The van der Waals surface area contributed by atoms with E-state index in [0.717, 1.165) is 6.20 Å². The molecule has 0 bridgehead atoms. The molecule has 6 heteroatoms. The molecule has 0 aliphatic heterocycles. The zero-order valence-electron chi connectivity index (χ0n) is 6.06. The minimum Gasteiger partial charge on any atom is -0.242 e. The van der Waals surface area contributed by atoms with E-state index in [0.29, 0.717) is 0 Å². The minimum absolute atomic E-state index is 0.237. The largest absolute Gasteiger partial charge is 0.266 e. The Morgan fingerprint density at radius 2 is 2.08 bits per heavy atom. The first-order valence-electron chi connectivity index (χ1n) is 3.10. The van der Waals surface area contributed by atoms with Crippen LogP contribution in [0, 0.1) is 11.3 Å². The summed E-state index contributed by atoms with van der Waals surface area (Å²) in [6, 6.07) is 1.58. The van der Waals surface area contributed by atoms with Crippen molar-refractivity contribution < 1.29 is 8.78 Å². The van der Waals surface area contributed by atoms with Crippen molar-refractivity contribution in [3.63, 3.8) is 0 Å². The van der Waals surface area contributed by atoms with Gasteiger partial charge >= 0.3 is 0 Å². The molecule has 1 aromatic rings. The van der Waals surface area contributed by atoms with Gasteiger partial charge < -0.3 is 0 Å². The molecule has 68 valence electrons. The predicted molar refractivity (Wildman–Crippen MR) is 43.9 cm³/mol. The Morgan fingerprint density at radius 1 is 1.46 bits per heavy atom. The summed E-state index contributed by atoms with van der Waals surface area (Å²) in [4.78, 5) is 3.48. The van der Waals surface area contributed by atoms with Gasteiger partial charge in [-0.1, -0.05) is 23.2 Å². The maximum Gasteiger partial charge on any atom is 0.266 e. The number of nitrogens with zero attached hydrogens (tertiary/aromatic N) is 2. The molecular weight excluding hydrogens is 221 g/mol. The SMILES string of the molecule is N#Cc1ncc(Cl)c(C(F)F)c1Cl. The fourth-order valence-corrected chi connectivity index (χ4v) is 1.31. The third kappa shape index (κ3) is 1.87. The Labute approximate surface area is 82.7 Å². The number of nitriles is 1. The Kier molecular flexibility index (Phi) is 3.02. The van der Waals surface area contributed by atoms with Gasteiger partial charge in [0.2, 0.25) is 0 Å². The van der Waals surface area contributed by atoms with E-state index in [4.69, 9.17) is 28.5 Å². The quantitative estimate of drug-likeness (QED) is 0.732. The third-order valence-corrected chi connectivity index (χ3v) is 2.02. The van der Waals surface area contributed by atoms with Crippen LogP contribution in [0.3, 0.4) is 0 Å². The van der Waals surface area contributed by atoms with E-state index < -0.39 is 12.0 Å². The number of rotatable bonds is 1. The van der Waals surface area contributed by atoms with Crippen molar-refractivity contribution in [2.24, 2.45) is 0 Å². The molecule has 1 heterocycles. The summed E-state index contributed by atoms with van der Waals surface area (Å²) in [6.45, 7) is 0. The summed E-state index contributed by atoms with van der Waals surface area (Å²) >= 11 is 10.9. The van der Waals surface area contributed by atoms with Crippen molar-refractivity contribution in [2.75, 3.05) is 0 Å². The third-order valence-electron chi connectivity index (χ3n) is 1.33. The molecule has 0 aliphatic carbocycles. The maximum atomic E-state index is 12.3. The summed E-state index contributed by atoms with van der Waals surface area (Å²) < 4.78 is 24.6. The maximum absolute atomic E-state index is 12.3. The molecule has 0 spiro atoms. The summed E-state index contributed by atoms with van der Waals surface area (Å²) in [5, 5.41) is 7.81. The normalized spacial score (nSPS) is 10.2. The highest BCUT2D eigenvalue weighted by atomic mass is 35.5. The summed E-state index contributed by atoms with van der Waals surface area (Å²) in [7, 11) is 0. The van der Waals surface area contributed by atoms with Crippen LogP contribution in [0.2, 0.25) is 10.0 Å². The smallest absolute Gasteiger partial charge is 0.242 e. The summed E-state index contributed by atoms with van der Waals surface area (Å²) in [5.41, 5.74) is -0.795. The molecule has 0 saturated carbocycles. The number of pyridine rings is 1. The van der Waals surface area contributed by atoms with Crippen molar-refractivity contribution >= 4 is 23.2 Å². The van der Waals surface area contributed by atoms with Gasteiger partial charge in [-0.15, -0.1) is 0 Å². The van der Waals surface area contributed by atoms with Gasteiger partial charge in [0.25, 0.3) is 6.43 Å². The van der Waals surface area contributed by atoms with E-state index in [-0.39, 0.29) is 15.7 Å². The molecule has 13 heavy (non-hydrogen) atoms. The standard InChI is InChI=1S/C7H2Cl2F2N2/c8-3-2-13-4(1-12)6(9)5(3)7(10)11/h2,7H. The lowest BCUT2D eigenvalue weighted by Gasteiger charge is -2.05. The second kappa shape index (κ2) is 3.86. The van der Waals surface area contributed by atoms with Crippen LogP contribution in [0.5, 0.6) is 0 Å². The fraction of sp³-hybridized carbons (Fsp3) is 0.143. The van der Waals surface area contributed by atoms with Gasteiger partial charge in [-0.05, 0) is 0 Å². The van der Waals surface area contributed by atoms with Gasteiger partial charge in [-0.2, -0.15) is 5.26 Å². The van der Waals surface area contributed by atoms with Crippen molar-refractivity contribution in [3.8, 4) is 6.07 Å². The van der Waals surface area contributed by atoms with Crippen LogP contribution in [0.1, 0.15) is 17.7 Å². The van der Waals surface area contributed by atoms with E-state index in [1.807, 2.05) is 0 Å². The zero-order valence-corrected chi connectivity index (χ0v) is 7.57. The Morgan fingerprint density at radius 3 is 2.54 bits per heavy atom. The first-order chi connectivity index (χ1) is 6.07. The Bertz CT molecular complexity index is 373. The van der Waals surface area contributed by atoms with Gasteiger partial charge in [-0.25, -0.2) is 13.8 Å². The predicted octanol–water partition coefficient (Wildman–Crippen LogP) is 3.20. The highest BCUT2D eigenvalue weighted by Crippen LogP contribution is 2.34. The van der Waals surface area contributed by atoms with Crippen LogP contribution >= 0.6 is 23.2 Å². The number of aromatic nitrogens is 1. The average molecular weight is 223 g/mol. The zero-order chi connectivity index (χ0) is 10.0. The monoisotopic (exact) mass is 222 g/mol. The molecule has 0 amide bonds.